The molecule has 0 spiro atoms. The third-order valence-corrected chi connectivity index (χ3v) is 10.5. The molecule has 0 fully saturated rings. The molecule has 0 bridgehead atoms. The van der Waals surface area contributed by atoms with Crippen molar-refractivity contribution in [2.75, 3.05) is 0 Å². The van der Waals surface area contributed by atoms with E-state index in [1.54, 1.807) is 0 Å². The van der Waals surface area contributed by atoms with Crippen molar-refractivity contribution in [2.45, 2.75) is 0 Å². The maximum Gasteiger partial charge on any atom is 0.164 e. The molecule has 0 unspecified atom stereocenters. The molecule has 0 aliphatic heterocycles. The van der Waals surface area contributed by atoms with Gasteiger partial charge in [-0.2, -0.15) is 0 Å². The molecule has 53 heavy (non-hydrogen) atoms. The van der Waals surface area contributed by atoms with Crippen LogP contribution in [0.4, 0.5) is 0 Å². The number of nitrogens with zero attached hydrogens (tertiary/aromatic N) is 3. The van der Waals surface area contributed by atoms with E-state index in [4.69, 9.17) is 19.4 Å². The van der Waals surface area contributed by atoms with Crippen LogP contribution in [-0.2, 0) is 0 Å². The predicted octanol–water partition coefficient (Wildman–Crippen LogP) is 13.1. The number of furan rings is 1. The van der Waals surface area contributed by atoms with Gasteiger partial charge in [0.05, 0.1) is 0 Å². The van der Waals surface area contributed by atoms with E-state index in [1.165, 1.54) is 21.9 Å². The average molecular weight is 676 g/mol. The van der Waals surface area contributed by atoms with Gasteiger partial charge in [-0.05, 0) is 84.5 Å². The number of aromatic nitrogens is 3. The normalized spacial score (nSPS) is 11.8. The number of hydrogen-bond donors (Lipinski definition) is 0. The molecule has 2 heterocycles. The zero-order valence-corrected chi connectivity index (χ0v) is 28.5. The summed E-state index contributed by atoms with van der Waals surface area (Å²) in [5.41, 5.74) is 6.93. The first kappa shape index (κ1) is 29.5. The van der Waals surface area contributed by atoms with Crippen LogP contribution in [0.2, 0.25) is 0 Å². The molecular weight excluding hydrogens is 647 g/mol. The minimum atomic E-state index is 0.616. The highest BCUT2D eigenvalue weighted by Crippen LogP contribution is 2.39. The fourth-order valence-corrected chi connectivity index (χ4v) is 7.97. The van der Waals surface area contributed by atoms with Gasteiger partial charge in [-0.3, -0.25) is 0 Å². The number of rotatable bonds is 4. The van der Waals surface area contributed by atoms with Gasteiger partial charge < -0.3 is 4.42 Å². The van der Waals surface area contributed by atoms with E-state index in [2.05, 4.69) is 164 Å². The molecule has 0 atom stereocenters. The maximum atomic E-state index is 6.28. The van der Waals surface area contributed by atoms with Gasteiger partial charge in [0.2, 0.25) is 0 Å². The molecule has 0 radical (unpaired) electrons. The molecule has 11 rings (SSSR count). The Morgan fingerprint density at radius 1 is 0.283 bits per heavy atom. The van der Waals surface area contributed by atoms with Crippen LogP contribution in [0, 0.1) is 0 Å². The third-order valence-electron chi connectivity index (χ3n) is 10.5. The van der Waals surface area contributed by atoms with Gasteiger partial charge in [-0.1, -0.05) is 146 Å². The highest BCUT2D eigenvalue weighted by molar-refractivity contribution is 6.14. The molecule has 4 heteroatoms. The van der Waals surface area contributed by atoms with E-state index in [-0.39, 0.29) is 0 Å². The Kier molecular flexibility index (Phi) is 6.52. The maximum absolute atomic E-state index is 6.28. The van der Waals surface area contributed by atoms with Crippen molar-refractivity contribution >= 4 is 65.0 Å². The average Bonchev–Trinajstić information content (AvgIpc) is 3.59. The van der Waals surface area contributed by atoms with Crippen LogP contribution in [0.5, 0.6) is 0 Å². The Morgan fingerprint density at radius 2 is 0.906 bits per heavy atom. The summed E-state index contributed by atoms with van der Waals surface area (Å²) < 4.78 is 6.28. The second-order valence-corrected chi connectivity index (χ2v) is 13.6. The Bertz CT molecular complexity index is 3240. The minimum Gasteiger partial charge on any atom is -0.456 e. The number of hydrogen-bond acceptors (Lipinski definition) is 4. The SMILES string of the molecule is c1ccc(-c2cccc3c(-c4nc(-c5ccc6cc7c(cc6c5)oc5ccccc57)nc(-c5cc6ccccc6c6ccccc56)n4)cccc23)cc1. The molecule has 0 amide bonds. The first-order valence-electron chi connectivity index (χ1n) is 17.9. The van der Waals surface area contributed by atoms with Gasteiger partial charge in [0, 0.05) is 27.5 Å². The van der Waals surface area contributed by atoms with Crippen molar-refractivity contribution in [1.82, 2.24) is 15.0 Å². The van der Waals surface area contributed by atoms with E-state index in [9.17, 15) is 0 Å². The lowest BCUT2D eigenvalue weighted by atomic mass is 9.95. The fraction of sp³-hybridized carbons (Fsp3) is 0. The van der Waals surface area contributed by atoms with Gasteiger partial charge in [-0.25, -0.2) is 15.0 Å². The molecule has 0 aliphatic rings. The summed E-state index contributed by atoms with van der Waals surface area (Å²) in [7, 11) is 0. The molecule has 2 aromatic heterocycles. The summed E-state index contributed by atoms with van der Waals surface area (Å²) in [5, 5.41) is 11.3. The lowest BCUT2D eigenvalue weighted by Crippen LogP contribution is -2.01. The summed E-state index contributed by atoms with van der Waals surface area (Å²) in [6, 6.07) is 61.7. The van der Waals surface area contributed by atoms with Crippen LogP contribution < -0.4 is 0 Å². The second kappa shape index (κ2) is 11.7. The van der Waals surface area contributed by atoms with Crippen molar-refractivity contribution < 1.29 is 4.42 Å². The van der Waals surface area contributed by atoms with Crippen LogP contribution in [0.1, 0.15) is 0 Å². The molecule has 0 aliphatic carbocycles. The molecule has 4 nitrogen and oxygen atoms in total. The lowest BCUT2D eigenvalue weighted by molar-refractivity contribution is 0.669. The fourth-order valence-electron chi connectivity index (χ4n) is 7.97. The van der Waals surface area contributed by atoms with E-state index in [0.29, 0.717) is 17.5 Å². The Labute approximate surface area is 304 Å². The van der Waals surface area contributed by atoms with Crippen molar-refractivity contribution in [2.24, 2.45) is 0 Å². The van der Waals surface area contributed by atoms with Crippen LogP contribution in [0.3, 0.4) is 0 Å². The Balaban J connectivity index is 1.17. The topological polar surface area (TPSA) is 51.8 Å². The summed E-state index contributed by atoms with van der Waals surface area (Å²) in [6.07, 6.45) is 0. The summed E-state index contributed by atoms with van der Waals surface area (Å²) in [5.74, 6) is 1.88. The highest BCUT2D eigenvalue weighted by atomic mass is 16.3. The molecule has 0 N–H and O–H groups in total. The summed E-state index contributed by atoms with van der Waals surface area (Å²) in [4.78, 5) is 15.8. The molecule has 246 valence electrons. The smallest absolute Gasteiger partial charge is 0.164 e. The van der Waals surface area contributed by atoms with E-state index >= 15 is 0 Å². The highest BCUT2D eigenvalue weighted by Gasteiger charge is 2.18. The lowest BCUT2D eigenvalue weighted by Gasteiger charge is -2.14. The predicted molar refractivity (Wildman–Crippen MR) is 219 cm³/mol. The van der Waals surface area contributed by atoms with E-state index in [1.807, 2.05) is 12.1 Å². The van der Waals surface area contributed by atoms with Gasteiger partial charge in [0.25, 0.3) is 0 Å². The van der Waals surface area contributed by atoms with Gasteiger partial charge >= 0.3 is 0 Å². The number of benzene rings is 9. The molecule has 0 saturated carbocycles. The molecule has 9 aromatic carbocycles. The summed E-state index contributed by atoms with van der Waals surface area (Å²) in [6.45, 7) is 0. The van der Waals surface area contributed by atoms with Gasteiger partial charge in [0.1, 0.15) is 11.2 Å². The van der Waals surface area contributed by atoms with E-state index < -0.39 is 0 Å². The van der Waals surface area contributed by atoms with Gasteiger partial charge in [-0.15, -0.1) is 0 Å². The van der Waals surface area contributed by atoms with Crippen LogP contribution in [0.25, 0.3) is 110 Å². The van der Waals surface area contributed by atoms with Crippen molar-refractivity contribution in [3.63, 3.8) is 0 Å². The molecule has 0 saturated heterocycles. The first-order valence-corrected chi connectivity index (χ1v) is 17.9. The first-order chi connectivity index (χ1) is 26.2. The number of fused-ring (bicyclic) bond motifs is 8. The standard InChI is InChI=1S/C49H29N3O/c1-2-12-30(13-3-1)35-19-10-21-39-38(35)20-11-22-42(39)48-50-47(33-25-24-31-27-43-41-18-8-9-23-45(41)53-46(43)29-34(31)26-33)51-49(52-48)44-28-32-14-4-5-15-36(32)37-16-6-7-17-40(37)44/h1-29H. The zero-order chi connectivity index (χ0) is 34.9. The number of para-hydroxylation sites is 1. The van der Waals surface area contributed by atoms with Crippen molar-refractivity contribution in [3.8, 4) is 45.3 Å². The van der Waals surface area contributed by atoms with Crippen molar-refractivity contribution in [3.05, 3.63) is 176 Å². The third kappa shape index (κ3) is 4.80. The quantitative estimate of drug-likeness (QED) is 0.174. The van der Waals surface area contributed by atoms with Crippen LogP contribution in [-0.4, -0.2) is 15.0 Å². The summed E-state index contributed by atoms with van der Waals surface area (Å²) >= 11 is 0. The van der Waals surface area contributed by atoms with Gasteiger partial charge in [0.15, 0.2) is 17.5 Å². The van der Waals surface area contributed by atoms with Crippen LogP contribution >= 0.6 is 0 Å². The largest absolute Gasteiger partial charge is 0.456 e. The van der Waals surface area contributed by atoms with Crippen molar-refractivity contribution in [1.29, 1.82) is 0 Å². The zero-order valence-electron chi connectivity index (χ0n) is 28.5. The Hall–Kier alpha value is -7.17. The second-order valence-electron chi connectivity index (χ2n) is 13.6. The van der Waals surface area contributed by atoms with Crippen LogP contribution in [0.15, 0.2) is 180 Å². The minimum absolute atomic E-state index is 0.616. The Morgan fingerprint density at radius 3 is 1.75 bits per heavy atom. The molecule has 11 aromatic rings. The monoisotopic (exact) mass is 675 g/mol. The van der Waals surface area contributed by atoms with E-state index in [0.717, 1.165) is 70.9 Å². The molecular formula is C49H29N3O.